The minimum Gasteiger partial charge on any atom is -0.367 e. The summed E-state index contributed by atoms with van der Waals surface area (Å²) in [6.45, 7) is 10.00. The van der Waals surface area contributed by atoms with Gasteiger partial charge in [-0.2, -0.15) is 17.7 Å². The lowest BCUT2D eigenvalue weighted by atomic mass is 10.2. The van der Waals surface area contributed by atoms with Gasteiger partial charge >= 0.3 is 6.18 Å². The molecule has 0 saturated carbocycles. The number of hydrogen-bond acceptors (Lipinski definition) is 6. The Labute approximate surface area is 143 Å². The summed E-state index contributed by atoms with van der Waals surface area (Å²) < 4.78 is 39.4. The Bertz CT molecular complexity index is 707. The van der Waals surface area contributed by atoms with E-state index in [1.807, 2.05) is 0 Å². The third-order valence-electron chi connectivity index (χ3n) is 4.57. The molecule has 10 heteroatoms. The number of fused-ring (bicyclic) bond motifs is 1. The van der Waals surface area contributed by atoms with Gasteiger partial charge in [-0.25, -0.2) is 0 Å². The van der Waals surface area contributed by atoms with Gasteiger partial charge in [0.15, 0.2) is 5.65 Å². The number of hydrogen-bond donors (Lipinski definition) is 1. The molecule has 1 N–H and O–H groups in total. The van der Waals surface area contributed by atoms with Crippen LogP contribution in [-0.4, -0.2) is 74.9 Å². The van der Waals surface area contributed by atoms with Gasteiger partial charge in [-0.15, -0.1) is 15.3 Å². The number of anilines is 1. The van der Waals surface area contributed by atoms with Crippen LogP contribution >= 0.6 is 0 Å². The molecule has 2 aromatic heterocycles. The van der Waals surface area contributed by atoms with Crippen LogP contribution in [0.5, 0.6) is 0 Å². The van der Waals surface area contributed by atoms with Crippen molar-refractivity contribution in [2.24, 2.45) is 0 Å². The molecule has 3 heterocycles. The fourth-order valence-corrected chi connectivity index (χ4v) is 2.96. The topological polar surface area (TPSA) is 61.6 Å². The molecule has 1 aliphatic heterocycles. The molecule has 25 heavy (non-hydrogen) atoms. The Kier molecular flexibility index (Phi) is 5.09. The average Bonchev–Trinajstić information content (AvgIpc) is 3.03. The molecule has 0 spiro atoms. The van der Waals surface area contributed by atoms with E-state index in [1.165, 1.54) is 6.07 Å². The zero-order valence-corrected chi connectivity index (χ0v) is 14.3. The van der Waals surface area contributed by atoms with Crippen LogP contribution < -0.4 is 5.32 Å². The quantitative estimate of drug-likeness (QED) is 0.877. The van der Waals surface area contributed by atoms with E-state index in [9.17, 15) is 13.2 Å². The number of piperazine rings is 1. The fraction of sp³-hybridized carbons (Fsp3) is 0.667. The van der Waals surface area contributed by atoms with Crippen molar-refractivity contribution >= 4 is 11.5 Å². The molecule has 1 saturated heterocycles. The Morgan fingerprint density at radius 1 is 1.16 bits per heavy atom. The second-order valence-corrected chi connectivity index (χ2v) is 6.21. The molecule has 3 rings (SSSR count). The number of halogens is 3. The zero-order valence-electron chi connectivity index (χ0n) is 14.3. The molecule has 138 valence electrons. The SMILES string of the molecule is CCN1CCN(C(C)CNc2ccc3nnc(C(F)(F)F)n3n2)CC1. The average molecular weight is 357 g/mol. The van der Waals surface area contributed by atoms with Crippen LogP contribution in [-0.2, 0) is 6.18 Å². The molecule has 0 radical (unpaired) electrons. The van der Waals surface area contributed by atoms with Crippen LogP contribution in [0.15, 0.2) is 12.1 Å². The highest BCUT2D eigenvalue weighted by Gasteiger charge is 2.37. The van der Waals surface area contributed by atoms with Crippen LogP contribution in [0, 0.1) is 0 Å². The molecule has 0 bridgehead atoms. The highest BCUT2D eigenvalue weighted by atomic mass is 19.4. The zero-order chi connectivity index (χ0) is 18.0. The maximum absolute atomic E-state index is 12.9. The van der Waals surface area contributed by atoms with E-state index < -0.39 is 12.0 Å². The van der Waals surface area contributed by atoms with Gasteiger partial charge in [0.25, 0.3) is 5.82 Å². The number of nitrogens with one attached hydrogen (secondary N) is 1. The first-order valence-corrected chi connectivity index (χ1v) is 8.38. The largest absolute Gasteiger partial charge is 0.453 e. The predicted molar refractivity (Wildman–Crippen MR) is 87.4 cm³/mol. The van der Waals surface area contributed by atoms with Crippen molar-refractivity contribution in [1.29, 1.82) is 0 Å². The van der Waals surface area contributed by atoms with Gasteiger partial charge in [0, 0.05) is 38.8 Å². The third kappa shape index (κ3) is 4.01. The summed E-state index contributed by atoms with van der Waals surface area (Å²) in [5, 5.41) is 13.8. The second-order valence-electron chi connectivity index (χ2n) is 6.21. The molecule has 1 fully saturated rings. The molecular weight excluding hydrogens is 335 g/mol. The minimum atomic E-state index is -4.59. The summed E-state index contributed by atoms with van der Waals surface area (Å²) in [5.41, 5.74) is 0.0709. The maximum Gasteiger partial charge on any atom is 0.453 e. The Morgan fingerprint density at radius 2 is 1.88 bits per heavy atom. The third-order valence-corrected chi connectivity index (χ3v) is 4.57. The van der Waals surface area contributed by atoms with Gasteiger partial charge in [0.2, 0.25) is 0 Å². The van der Waals surface area contributed by atoms with Crippen molar-refractivity contribution in [3.8, 4) is 0 Å². The molecule has 1 unspecified atom stereocenters. The standard InChI is InChI=1S/C15H22F3N7/c1-3-23-6-8-24(9-7-23)11(2)10-19-12-4-5-13-20-21-14(15(16,17)18)25(13)22-12/h4-5,11H,3,6-10H2,1-2H3,(H,19,22). The summed E-state index contributed by atoms with van der Waals surface area (Å²) in [7, 11) is 0. The van der Waals surface area contributed by atoms with Gasteiger partial charge in [0.05, 0.1) is 0 Å². The second kappa shape index (κ2) is 7.12. The first kappa shape index (κ1) is 17.9. The van der Waals surface area contributed by atoms with Crippen LogP contribution in [0.4, 0.5) is 19.0 Å². The predicted octanol–water partition coefficient (Wildman–Crippen LogP) is 1.58. The molecule has 1 atom stereocenters. The number of aromatic nitrogens is 4. The molecule has 0 aromatic carbocycles. The molecule has 2 aromatic rings. The monoisotopic (exact) mass is 357 g/mol. The maximum atomic E-state index is 12.9. The van der Waals surface area contributed by atoms with Crippen LogP contribution in [0.1, 0.15) is 19.7 Å². The van der Waals surface area contributed by atoms with E-state index in [-0.39, 0.29) is 11.7 Å². The number of nitrogens with zero attached hydrogens (tertiary/aromatic N) is 6. The summed E-state index contributed by atoms with van der Waals surface area (Å²) in [5.74, 6) is -0.744. The van der Waals surface area contributed by atoms with E-state index in [0.717, 1.165) is 37.2 Å². The van der Waals surface area contributed by atoms with Gasteiger partial charge in [-0.3, -0.25) is 4.90 Å². The van der Waals surface area contributed by atoms with Crippen molar-refractivity contribution < 1.29 is 13.2 Å². The Morgan fingerprint density at radius 3 is 2.52 bits per heavy atom. The molecular formula is C15H22F3N7. The van der Waals surface area contributed by atoms with Gasteiger partial charge in [-0.1, -0.05) is 6.92 Å². The van der Waals surface area contributed by atoms with E-state index in [0.29, 0.717) is 12.4 Å². The first-order valence-electron chi connectivity index (χ1n) is 8.38. The molecule has 0 aliphatic carbocycles. The number of likely N-dealkylation sites (N-methyl/N-ethyl adjacent to an activating group) is 1. The highest BCUT2D eigenvalue weighted by Crippen LogP contribution is 2.27. The van der Waals surface area contributed by atoms with Crippen molar-refractivity contribution in [2.75, 3.05) is 44.6 Å². The van der Waals surface area contributed by atoms with Gasteiger partial charge in [0.1, 0.15) is 5.82 Å². The first-order chi connectivity index (χ1) is 11.9. The van der Waals surface area contributed by atoms with Crippen molar-refractivity contribution in [1.82, 2.24) is 29.6 Å². The fourth-order valence-electron chi connectivity index (χ4n) is 2.96. The van der Waals surface area contributed by atoms with Crippen LogP contribution in [0.25, 0.3) is 5.65 Å². The van der Waals surface area contributed by atoms with Crippen molar-refractivity contribution in [3.05, 3.63) is 18.0 Å². The Hall–Kier alpha value is -1.94. The lowest BCUT2D eigenvalue weighted by Gasteiger charge is -2.37. The molecule has 0 amide bonds. The van der Waals surface area contributed by atoms with Crippen LogP contribution in [0.2, 0.25) is 0 Å². The highest BCUT2D eigenvalue weighted by molar-refractivity contribution is 5.44. The van der Waals surface area contributed by atoms with Gasteiger partial charge in [-0.05, 0) is 25.6 Å². The summed E-state index contributed by atoms with van der Waals surface area (Å²) in [4.78, 5) is 4.77. The van der Waals surface area contributed by atoms with E-state index >= 15 is 0 Å². The lowest BCUT2D eigenvalue weighted by molar-refractivity contribution is -0.146. The summed E-state index contributed by atoms with van der Waals surface area (Å²) >= 11 is 0. The molecule has 1 aliphatic rings. The Balaban J connectivity index is 1.63. The van der Waals surface area contributed by atoms with E-state index in [4.69, 9.17) is 0 Å². The van der Waals surface area contributed by atoms with Crippen molar-refractivity contribution in [2.45, 2.75) is 26.1 Å². The smallest absolute Gasteiger partial charge is 0.367 e. The van der Waals surface area contributed by atoms with E-state index in [1.54, 1.807) is 6.07 Å². The minimum absolute atomic E-state index is 0.0709. The molecule has 7 nitrogen and oxygen atoms in total. The lowest BCUT2D eigenvalue weighted by Crippen LogP contribution is -2.51. The van der Waals surface area contributed by atoms with E-state index in [2.05, 4.69) is 44.3 Å². The van der Waals surface area contributed by atoms with Crippen LogP contribution in [0.3, 0.4) is 0 Å². The number of alkyl halides is 3. The van der Waals surface area contributed by atoms with Crippen molar-refractivity contribution in [3.63, 3.8) is 0 Å². The summed E-state index contributed by atoms with van der Waals surface area (Å²) in [6, 6.07) is 3.35. The van der Waals surface area contributed by atoms with Gasteiger partial charge < -0.3 is 10.2 Å². The normalized spacial score (nSPS) is 18.6. The summed E-state index contributed by atoms with van der Waals surface area (Å²) in [6.07, 6.45) is -4.59. The number of rotatable bonds is 5.